The fourth-order valence-electron chi connectivity index (χ4n) is 3.75. The van der Waals surface area contributed by atoms with Crippen LogP contribution >= 0.6 is 11.6 Å². The lowest BCUT2D eigenvalue weighted by Gasteiger charge is -2.32. The van der Waals surface area contributed by atoms with E-state index in [9.17, 15) is 22.8 Å². The summed E-state index contributed by atoms with van der Waals surface area (Å²) < 4.78 is 51.3. The largest absolute Gasteiger partial charge is 0.422 e. The molecule has 2 aromatic rings. The Morgan fingerprint density at radius 1 is 1.10 bits per heavy atom. The zero-order chi connectivity index (χ0) is 21.9. The summed E-state index contributed by atoms with van der Waals surface area (Å²) in [7, 11) is 0. The van der Waals surface area contributed by atoms with E-state index < -0.39 is 35.2 Å². The number of ether oxygens (including phenoxy) is 2. The van der Waals surface area contributed by atoms with Crippen molar-refractivity contribution >= 4 is 23.5 Å². The number of nitrogens with one attached hydrogen (secondary N) is 1. The molecule has 1 aromatic heterocycles. The third kappa shape index (κ3) is 3.57. The number of esters is 2. The molecule has 0 unspecified atom stereocenters. The van der Waals surface area contributed by atoms with E-state index in [1.165, 1.54) is 19.9 Å². The molecule has 2 fully saturated rings. The van der Waals surface area contributed by atoms with Gasteiger partial charge in [-0.15, -0.1) is 0 Å². The number of aromatic nitrogens is 1. The Balaban J connectivity index is 1.74. The summed E-state index contributed by atoms with van der Waals surface area (Å²) in [5.74, 6) is -4.16. The molecule has 1 aromatic carbocycles. The number of hydrogen-bond donors (Lipinski definition) is 1. The molecule has 9 heteroatoms. The first-order valence-electron chi connectivity index (χ1n) is 9.43. The van der Waals surface area contributed by atoms with Crippen LogP contribution in [0.2, 0.25) is 5.02 Å². The molecule has 5 nitrogen and oxygen atoms in total. The number of H-pyrrole nitrogens is 1. The average Bonchev–Trinajstić information content (AvgIpc) is 3.34. The van der Waals surface area contributed by atoms with Crippen molar-refractivity contribution in [3.63, 3.8) is 0 Å². The zero-order valence-corrected chi connectivity index (χ0v) is 17.0. The van der Waals surface area contributed by atoms with Gasteiger partial charge in [0.15, 0.2) is 5.92 Å². The lowest BCUT2D eigenvalue weighted by Crippen LogP contribution is -2.46. The summed E-state index contributed by atoms with van der Waals surface area (Å²) in [6.45, 7) is 2.87. The van der Waals surface area contributed by atoms with Crippen molar-refractivity contribution in [1.82, 2.24) is 4.98 Å². The van der Waals surface area contributed by atoms with Gasteiger partial charge in [0, 0.05) is 30.3 Å². The smallest absolute Gasteiger partial charge is 0.399 e. The first-order chi connectivity index (χ1) is 13.9. The summed E-state index contributed by atoms with van der Waals surface area (Å²) in [6.07, 6.45) is -4.58. The number of benzene rings is 1. The van der Waals surface area contributed by atoms with Crippen molar-refractivity contribution in [2.45, 2.75) is 50.5 Å². The van der Waals surface area contributed by atoms with Crippen LogP contribution in [0.5, 0.6) is 0 Å². The molecule has 0 atom stereocenters. The summed E-state index contributed by atoms with van der Waals surface area (Å²) >= 11 is 5.93. The molecule has 0 radical (unpaired) electrons. The first kappa shape index (κ1) is 20.8. The second-order valence-corrected chi connectivity index (χ2v) is 8.61. The van der Waals surface area contributed by atoms with Crippen LogP contribution in [0.3, 0.4) is 0 Å². The highest BCUT2D eigenvalue weighted by Gasteiger charge is 2.65. The molecule has 0 spiro atoms. The lowest BCUT2D eigenvalue weighted by molar-refractivity contribution is -0.239. The van der Waals surface area contributed by atoms with Gasteiger partial charge in [0.25, 0.3) is 5.79 Å². The molecule has 1 aliphatic carbocycles. The number of cyclic esters (lactones) is 2. The fourth-order valence-corrected chi connectivity index (χ4v) is 3.88. The van der Waals surface area contributed by atoms with Crippen molar-refractivity contribution in [2.75, 3.05) is 0 Å². The Morgan fingerprint density at radius 2 is 1.67 bits per heavy atom. The second kappa shape index (κ2) is 6.77. The van der Waals surface area contributed by atoms with Gasteiger partial charge >= 0.3 is 18.1 Å². The molecule has 1 aliphatic heterocycles. The zero-order valence-electron chi connectivity index (χ0n) is 16.2. The topological polar surface area (TPSA) is 68.4 Å². The molecule has 1 saturated carbocycles. The molecule has 1 N–H and O–H groups in total. The molecular formula is C21H19ClF3NO4. The van der Waals surface area contributed by atoms with Gasteiger partial charge in [-0.3, -0.25) is 9.59 Å². The minimum atomic E-state index is -4.40. The van der Waals surface area contributed by atoms with Gasteiger partial charge in [-0.25, -0.2) is 0 Å². The Kier molecular flexibility index (Phi) is 4.69. The molecule has 30 heavy (non-hydrogen) atoms. The second-order valence-electron chi connectivity index (χ2n) is 8.17. The fraction of sp³-hybridized carbons (Fsp3) is 0.429. The maximum absolute atomic E-state index is 13.7. The molecular weight excluding hydrogens is 423 g/mol. The van der Waals surface area contributed by atoms with Crippen LogP contribution in [0, 0.1) is 5.92 Å². The van der Waals surface area contributed by atoms with Gasteiger partial charge < -0.3 is 14.5 Å². The molecule has 0 bridgehead atoms. The quantitative estimate of drug-likeness (QED) is 0.540. The van der Waals surface area contributed by atoms with Gasteiger partial charge in [0.05, 0.1) is 0 Å². The predicted octanol–water partition coefficient (Wildman–Crippen LogP) is 4.92. The Morgan fingerprint density at radius 3 is 2.17 bits per heavy atom. The summed E-state index contributed by atoms with van der Waals surface area (Å²) in [4.78, 5) is 27.6. The van der Waals surface area contributed by atoms with Crippen LogP contribution in [0.15, 0.2) is 30.3 Å². The van der Waals surface area contributed by atoms with E-state index in [4.69, 9.17) is 21.1 Å². The van der Waals surface area contributed by atoms with Gasteiger partial charge in [-0.2, -0.15) is 13.2 Å². The van der Waals surface area contributed by atoms with Gasteiger partial charge in [-0.1, -0.05) is 23.7 Å². The summed E-state index contributed by atoms with van der Waals surface area (Å²) in [6, 6.07) is 7.95. The van der Waals surface area contributed by atoms with Crippen LogP contribution < -0.4 is 0 Å². The first-order valence-corrected chi connectivity index (χ1v) is 9.80. The maximum Gasteiger partial charge on any atom is 0.399 e. The SMILES string of the molecule is CC1(C)OC(=O)C(Cc2cc(C3(C(F)(F)F)CC3)[nH]c2-c2ccc(Cl)cc2)C(=O)O1. The maximum atomic E-state index is 13.7. The highest BCUT2D eigenvalue weighted by Crippen LogP contribution is 2.59. The normalized spacial score (nSPS) is 20.6. The number of halogens is 4. The van der Waals surface area contributed by atoms with Crippen molar-refractivity contribution < 1.29 is 32.2 Å². The van der Waals surface area contributed by atoms with Gasteiger partial charge in [0.1, 0.15) is 5.41 Å². The third-order valence-electron chi connectivity index (χ3n) is 5.53. The van der Waals surface area contributed by atoms with E-state index in [0.717, 1.165) is 0 Å². The van der Waals surface area contributed by atoms with Crippen molar-refractivity contribution in [2.24, 2.45) is 5.92 Å². The van der Waals surface area contributed by atoms with Crippen LogP contribution in [0.4, 0.5) is 13.2 Å². The van der Waals surface area contributed by atoms with E-state index in [1.54, 1.807) is 24.3 Å². The lowest BCUT2D eigenvalue weighted by atomic mass is 9.95. The molecule has 2 heterocycles. The van der Waals surface area contributed by atoms with Crippen LogP contribution in [-0.2, 0) is 30.9 Å². The van der Waals surface area contributed by atoms with E-state index in [0.29, 0.717) is 21.8 Å². The van der Waals surface area contributed by atoms with Crippen molar-refractivity contribution in [3.8, 4) is 11.3 Å². The number of aromatic amines is 1. The molecule has 160 valence electrons. The minimum absolute atomic E-state index is 0.0157. The van der Waals surface area contributed by atoms with Crippen molar-refractivity contribution in [3.05, 3.63) is 46.6 Å². The van der Waals surface area contributed by atoms with Crippen LogP contribution in [0.25, 0.3) is 11.3 Å². The number of alkyl halides is 3. The van der Waals surface area contributed by atoms with Crippen molar-refractivity contribution in [1.29, 1.82) is 0 Å². The monoisotopic (exact) mass is 441 g/mol. The number of hydrogen-bond acceptors (Lipinski definition) is 4. The number of carbonyl (C=O) groups is 2. The highest BCUT2D eigenvalue weighted by atomic mass is 35.5. The molecule has 1 saturated heterocycles. The summed E-state index contributed by atoms with van der Waals surface area (Å²) in [5.41, 5.74) is -0.504. The Labute approximate surface area is 175 Å². The molecule has 2 aliphatic rings. The van der Waals surface area contributed by atoms with Gasteiger partial charge in [0.2, 0.25) is 0 Å². The van der Waals surface area contributed by atoms with E-state index in [2.05, 4.69) is 4.98 Å². The summed E-state index contributed by atoms with van der Waals surface area (Å²) in [5, 5.41) is 0.475. The van der Waals surface area contributed by atoms with E-state index in [1.807, 2.05) is 0 Å². The minimum Gasteiger partial charge on any atom is -0.422 e. The van der Waals surface area contributed by atoms with Crippen LogP contribution in [-0.4, -0.2) is 28.9 Å². The molecule has 0 amide bonds. The predicted molar refractivity (Wildman–Crippen MR) is 102 cm³/mol. The number of carbonyl (C=O) groups excluding carboxylic acids is 2. The van der Waals surface area contributed by atoms with E-state index >= 15 is 0 Å². The van der Waals surface area contributed by atoms with E-state index in [-0.39, 0.29) is 25.0 Å². The molecule has 4 rings (SSSR count). The standard InChI is InChI=1S/C21H19ClF3NO4/c1-19(2)29-17(27)14(18(28)30-19)9-12-10-15(20(7-8-20)21(23,24)25)26-16(12)11-3-5-13(22)6-4-11/h3-6,10,14,26H,7-9H2,1-2H3. The average molecular weight is 442 g/mol. The van der Waals surface area contributed by atoms with Gasteiger partial charge in [-0.05, 0) is 48.6 Å². The Hall–Kier alpha value is -2.48. The Bertz CT molecular complexity index is 986. The number of rotatable bonds is 4. The highest BCUT2D eigenvalue weighted by molar-refractivity contribution is 6.30. The third-order valence-corrected chi connectivity index (χ3v) is 5.78. The van der Waals surface area contributed by atoms with Crippen LogP contribution in [0.1, 0.15) is 37.9 Å².